The highest BCUT2D eigenvalue weighted by molar-refractivity contribution is 5.71. The minimum absolute atomic E-state index is 0.0825. The third-order valence-corrected chi connectivity index (χ3v) is 13.0. The SMILES string of the molecule is CCCCC/C=C/C/C=C/C/C=C/C/C=C/CCCCCC(=O)OC[C@@H](COC(=O)CCCCCCCCCCCCCCC)OC(=O)CCCCCCCCCCC/C=C/CCCCCCCC. The highest BCUT2D eigenvalue weighted by atomic mass is 16.6. The summed E-state index contributed by atoms with van der Waals surface area (Å²) in [5.74, 6) is -0.903. The van der Waals surface area contributed by atoms with Crippen molar-refractivity contribution in [2.24, 2.45) is 0 Å². The van der Waals surface area contributed by atoms with E-state index in [1.807, 2.05) is 0 Å². The maximum atomic E-state index is 12.9. The molecule has 69 heavy (non-hydrogen) atoms. The van der Waals surface area contributed by atoms with E-state index in [1.165, 1.54) is 180 Å². The fraction of sp³-hybridized carbons (Fsp3) is 0.794. The second kappa shape index (κ2) is 57.7. The van der Waals surface area contributed by atoms with E-state index in [0.717, 1.165) is 83.5 Å². The van der Waals surface area contributed by atoms with Gasteiger partial charge in [-0.25, -0.2) is 0 Å². The third-order valence-electron chi connectivity index (χ3n) is 13.0. The Hall–Kier alpha value is -2.89. The smallest absolute Gasteiger partial charge is 0.306 e. The molecule has 0 amide bonds. The lowest BCUT2D eigenvalue weighted by molar-refractivity contribution is -0.167. The van der Waals surface area contributed by atoms with Crippen molar-refractivity contribution >= 4 is 17.9 Å². The first-order chi connectivity index (χ1) is 34.0. The number of carbonyl (C=O) groups is 3. The molecule has 0 aromatic heterocycles. The molecule has 0 bridgehead atoms. The minimum Gasteiger partial charge on any atom is -0.462 e. The summed E-state index contributed by atoms with van der Waals surface area (Å²) in [6.45, 7) is 6.61. The fourth-order valence-corrected chi connectivity index (χ4v) is 8.48. The standard InChI is InChI=1S/C63H112O6/c1-4-7-10-13-16-19-22-25-27-29-31-33-35-38-41-44-47-50-53-56-62(65)68-59-60(58-67-61(64)55-52-49-46-43-40-37-24-21-18-15-12-9-6-3)69-63(66)57-54-51-48-45-42-39-36-34-32-30-28-26-23-20-17-14-11-8-5-2/h16,19,25-28,31,33,38,41,60H,4-15,17-18,20-24,29-30,32,34-37,39-40,42-59H2,1-3H3/b19-16+,27-25+,28-26+,33-31+,41-38+/t60-/m1/s1. The van der Waals surface area contributed by atoms with Crippen molar-refractivity contribution in [3.63, 3.8) is 0 Å². The maximum Gasteiger partial charge on any atom is 0.306 e. The Labute approximate surface area is 428 Å². The van der Waals surface area contributed by atoms with E-state index in [1.54, 1.807) is 0 Å². The molecule has 0 aliphatic rings. The van der Waals surface area contributed by atoms with Gasteiger partial charge in [0.2, 0.25) is 0 Å². The number of hydrogen-bond donors (Lipinski definition) is 0. The van der Waals surface area contributed by atoms with Crippen LogP contribution in [0.2, 0.25) is 0 Å². The zero-order valence-corrected chi connectivity index (χ0v) is 45.8. The van der Waals surface area contributed by atoms with Crippen LogP contribution in [0.3, 0.4) is 0 Å². The van der Waals surface area contributed by atoms with E-state index >= 15 is 0 Å². The number of rotatable bonds is 54. The number of ether oxygens (including phenoxy) is 3. The molecule has 0 saturated carbocycles. The number of allylic oxidation sites excluding steroid dienone is 10. The predicted octanol–water partition coefficient (Wildman–Crippen LogP) is 20.0. The summed E-state index contributed by atoms with van der Waals surface area (Å²) in [7, 11) is 0. The summed E-state index contributed by atoms with van der Waals surface area (Å²) < 4.78 is 16.9. The van der Waals surface area contributed by atoms with Crippen molar-refractivity contribution in [3.8, 4) is 0 Å². The molecule has 400 valence electrons. The lowest BCUT2D eigenvalue weighted by Crippen LogP contribution is -2.30. The summed E-state index contributed by atoms with van der Waals surface area (Å²) in [5, 5.41) is 0. The van der Waals surface area contributed by atoms with Gasteiger partial charge in [0.15, 0.2) is 6.10 Å². The molecule has 6 heteroatoms. The Kier molecular flexibility index (Phi) is 55.3. The number of esters is 3. The molecular weight excluding hydrogens is 853 g/mol. The van der Waals surface area contributed by atoms with Crippen LogP contribution in [0.25, 0.3) is 0 Å². The van der Waals surface area contributed by atoms with Gasteiger partial charge >= 0.3 is 17.9 Å². The molecule has 0 saturated heterocycles. The summed E-state index contributed by atoms with van der Waals surface area (Å²) in [4.78, 5) is 38.2. The molecule has 0 aromatic carbocycles. The van der Waals surface area contributed by atoms with Gasteiger partial charge in [0.25, 0.3) is 0 Å². The topological polar surface area (TPSA) is 78.9 Å². The summed E-state index contributed by atoms with van der Waals surface area (Å²) >= 11 is 0. The van der Waals surface area contributed by atoms with Gasteiger partial charge in [-0.05, 0) is 89.9 Å². The highest BCUT2D eigenvalue weighted by Crippen LogP contribution is 2.16. The van der Waals surface area contributed by atoms with Gasteiger partial charge in [0.1, 0.15) is 13.2 Å². The quantitative estimate of drug-likeness (QED) is 0.0262. The van der Waals surface area contributed by atoms with Gasteiger partial charge in [-0.1, -0.05) is 255 Å². The molecular formula is C63H112O6. The van der Waals surface area contributed by atoms with Gasteiger partial charge in [0.05, 0.1) is 0 Å². The van der Waals surface area contributed by atoms with Crippen molar-refractivity contribution in [2.75, 3.05) is 13.2 Å². The van der Waals surface area contributed by atoms with E-state index in [-0.39, 0.29) is 31.1 Å². The minimum atomic E-state index is -0.787. The first kappa shape index (κ1) is 66.1. The average molecular weight is 966 g/mol. The van der Waals surface area contributed by atoms with Crippen LogP contribution in [0.15, 0.2) is 60.8 Å². The Morgan fingerprint density at radius 2 is 0.522 bits per heavy atom. The van der Waals surface area contributed by atoms with Crippen molar-refractivity contribution in [3.05, 3.63) is 60.8 Å². The molecule has 0 heterocycles. The van der Waals surface area contributed by atoms with Crippen LogP contribution in [-0.2, 0) is 28.6 Å². The summed E-state index contributed by atoms with van der Waals surface area (Å²) in [6, 6.07) is 0. The van der Waals surface area contributed by atoms with Crippen LogP contribution < -0.4 is 0 Å². The first-order valence-corrected chi connectivity index (χ1v) is 29.8. The van der Waals surface area contributed by atoms with E-state index < -0.39 is 6.10 Å². The van der Waals surface area contributed by atoms with Crippen molar-refractivity contribution in [1.29, 1.82) is 0 Å². The summed E-state index contributed by atoms with van der Waals surface area (Å²) in [5.41, 5.74) is 0. The molecule has 0 N–H and O–H groups in total. The molecule has 0 spiro atoms. The van der Waals surface area contributed by atoms with E-state index in [9.17, 15) is 14.4 Å². The second-order valence-electron chi connectivity index (χ2n) is 19.9. The fourth-order valence-electron chi connectivity index (χ4n) is 8.48. The molecule has 0 fully saturated rings. The first-order valence-electron chi connectivity index (χ1n) is 29.8. The molecule has 0 aliphatic heterocycles. The average Bonchev–Trinajstić information content (AvgIpc) is 3.35. The van der Waals surface area contributed by atoms with Gasteiger partial charge in [-0.3, -0.25) is 14.4 Å². The normalized spacial score (nSPS) is 12.4. The molecule has 0 rings (SSSR count). The zero-order chi connectivity index (χ0) is 50.0. The monoisotopic (exact) mass is 965 g/mol. The molecule has 6 nitrogen and oxygen atoms in total. The Balaban J connectivity index is 4.40. The maximum absolute atomic E-state index is 12.9. The van der Waals surface area contributed by atoms with E-state index in [4.69, 9.17) is 14.2 Å². The molecule has 0 radical (unpaired) electrons. The van der Waals surface area contributed by atoms with Crippen LogP contribution in [0.4, 0.5) is 0 Å². The number of unbranched alkanes of at least 4 members (excludes halogenated alkanes) is 33. The highest BCUT2D eigenvalue weighted by Gasteiger charge is 2.19. The van der Waals surface area contributed by atoms with E-state index in [0.29, 0.717) is 19.3 Å². The zero-order valence-electron chi connectivity index (χ0n) is 45.8. The van der Waals surface area contributed by atoms with Gasteiger partial charge in [-0.15, -0.1) is 0 Å². The Bertz CT molecular complexity index is 1250. The number of hydrogen-bond acceptors (Lipinski definition) is 6. The largest absolute Gasteiger partial charge is 0.462 e. The summed E-state index contributed by atoms with van der Waals surface area (Å²) in [6.07, 6.45) is 72.1. The molecule has 0 aromatic rings. The van der Waals surface area contributed by atoms with Crippen LogP contribution in [0, 0.1) is 0 Å². The van der Waals surface area contributed by atoms with Crippen LogP contribution in [0.5, 0.6) is 0 Å². The van der Waals surface area contributed by atoms with Gasteiger partial charge in [-0.2, -0.15) is 0 Å². The van der Waals surface area contributed by atoms with Gasteiger partial charge < -0.3 is 14.2 Å². The molecule has 0 unspecified atom stereocenters. The van der Waals surface area contributed by atoms with Crippen LogP contribution >= 0.6 is 0 Å². The van der Waals surface area contributed by atoms with Crippen LogP contribution in [-0.4, -0.2) is 37.2 Å². The molecule has 1 atom stereocenters. The van der Waals surface area contributed by atoms with Crippen molar-refractivity contribution < 1.29 is 28.6 Å². The lowest BCUT2D eigenvalue weighted by Gasteiger charge is -2.18. The van der Waals surface area contributed by atoms with Crippen molar-refractivity contribution in [2.45, 2.75) is 309 Å². The van der Waals surface area contributed by atoms with E-state index in [2.05, 4.69) is 81.5 Å². The Morgan fingerprint density at radius 1 is 0.290 bits per heavy atom. The molecule has 0 aliphatic carbocycles. The Morgan fingerprint density at radius 3 is 0.870 bits per heavy atom. The second-order valence-corrected chi connectivity index (χ2v) is 19.9. The predicted molar refractivity (Wildman–Crippen MR) is 298 cm³/mol. The van der Waals surface area contributed by atoms with Gasteiger partial charge in [0, 0.05) is 19.3 Å². The van der Waals surface area contributed by atoms with Crippen LogP contribution in [0.1, 0.15) is 303 Å². The third kappa shape index (κ3) is 55.9. The number of carbonyl (C=O) groups excluding carboxylic acids is 3. The lowest BCUT2D eigenvalue weighted by atomic mass is 10.0. The van der Waals surface area contributed by atoms with Crippen molar-refractivity contribution in [1.82, 2.24) is 0 Å².